The summed E-state index contributed by atoms with van der Waals surface area (Å²) in [6, 6.07) is 7.60. The maximum atomic E-state index is 12.0. The van der Waals surface area contributed by atoms with E-state index >= 15 is 0 Å². The standard InChI is InChI=1S/C14H14N2O.2C2H6/c1-3-7-11-10(4-2)14(17)16-13-9-6-5-8-12(13)15-11;2*1-2/h3-9,15H,1H2,2H3,(H,16,17);2*1-2H3/b10-4+,11-7+;;. The average Bonchev–Trinajstić information content (AvgIpc) is 2.67. The van der Waals surface area contributed by atoms with Crippen LogP contribution in [0.15, 0.2) is 60.3 Å². The first kappa shape index (κ1) is 18.7. The highest BCUT2D eigenvalue weighted by molar-refractivity contribution is 6.10. The van der Waals surface area contributed by atoms with Crippen LogP contribution in [-0.4, -0.2) is 5.91 Å². The quantitative estimate of drug-likeness (QED) is 0.703. The highest BCUT2D eigenvalue weighted by Crippen LogP contribution is 2.28. The van der Waals surface area contributed by atoms with Gasteiger partial charge in [-0.15, -0.1) is 0 Å². The van der Waals surface area contributed by atoms with Crippen molar-refractivity contribution in [1.82, 2.24) is 0 Å². The van der Waals surface area contributed by atoms with Crippen LogP contribution in [-0.2, 0) is 4.79 Å². The monoisotopic (exact) mass is 286 g/mol. The fourth-order valence-electron chi connectivity index (χ4n) is 1.76. The SMILES string of the molecule is C=C/C=C1/Nc2ccccc2NC(=O)/C1=C/C.CC.CC. The van der Waals surface area contributed by atoms with Gasteiger partial charge in [0.1, 0.15) is 0 Å². The Morgan fingerprint density at radius 3 is 2.00 bits per heavy atom. The zero-order chi connectivity index (χ0) is 16.3. The summed E-state index contributed by atoms with van der Waals surface area (Å²) in [6.07, 6.45) is 5.23. The molecule has 1 amide bonds. The van der Waals surface area contributed by atoms with E-state index in [-0.39, 0.29) is 5.91 Å². The van der Waals surface area contributed by atoms with Gasteiger partial charge in [-0.3, -0.25) is 4.79 Å². The number of benzene rings is 1. The number of carbonyl (C=O) groups is 1. The molecule has 2 rings (SSSR count). The van der Waals surface area contributed by atoms with Crippen LogP contribution in [0.4, 0.5) is 11.4 Å². The molecule has 0 atom stereocenters. The normalized spacial score (nSPS) is 16.1. The van der Waals surface area contributed by atoms with Gasteiger partial charge in [0.15, 0.2) is 0 Å². The molecular formula is C18H26N2O. The van der Waals surface area contributed by atoms with E-state index in [9.17, 15) is 4.79 Å². The fraction of sp³-hybridized carbons (Fsp3) is 0.278. The first-order valence-corrected chi connectivity index (χ1v) is 7.43. The Bertz CT molecular complexity index is 528. The summed E-state index contributed by atoms with van der Waals surface area (Å²) < 4.78 is 0. The Kier molecular flexibility index (Phi) is 9.35. The Hall–Kier alpha value is -2.29. The maximum absolute atomic E-state index is 12.0. The van der Waals surface area contributed by atoms with Crippen molar-refractivity contribution in [3.63, 3.8) is 0 Å². The molecule has 1 heterocycles. The second kappa shape index (κ2) is 10.5. The molecule has 114 valence electrons. The van der Waals surface area contributed by atoms with E-state index in [1.165, 1.54) is 0 Å². The van der Waals surface area contributed by atoms with Gasteiger partial charge in [-0.1, -0.05) is 58.6 Å². The van der Waals surface area contributed by atoms with Gasteiger partial charge in [0, 0.05) is 0 Å². The van der Waals surface area contributed by atoms with Crippen molar-refractivity contribution in [2.75, 3.05) is 10.6 Å². The lowest BCUT2D eigenvalue weighted by Crippen LogP contribution is -2.14. The van der Waals surface area contributed by atoms with Crippen LogP contribution < -0.4 is 10.6 Å². The van der Waals surface area contributed by atoms with Crippen LogP contribution in [0.2, 0.25) is 0 Å². The van der Waals surface area contributed by atoms with E-state index in [1.54, 1.807) is 18.2 Å². The third kappa shape index (κ3) is 4.95. The second-order valence-electron chi connectivity index (χ2n) is 3.64. The summed E-state index contributed by atoms with van der Waals surface area (Å²) >= 11 is 0. The number of rotatable bonds is 1. The number of carbonyl (C=O) groups excluding carboxylic acids is 1. The van der Waals surface area contributed by atoms with Crippen LogP contribution in [0.3, 0.4) is 0 Å². The van der Waals surface area contributed by atoms with Crippen LogP contribution in [0.5, 0.6) is 0 Å². The van der Waals surface area contributed by atoms with Gasteiger partial charge in [0.25, 0.3) is 5.91 Å². The molecule has 0 fully saturated rings. The molecule has 2 N–H and O–H groups in total. The molecule has 0 unspecified atom stereocenters. The topological polar surface area (TPSA) is 41.1 Å². The molecule has 0 radical (unpaired) electrons. The molecule has 0 bridgehead atoms. The Morgan fingerprint density at radius 2 is 1.52 bits per heavy atom. The minimum absolute atomic E-state index is 0.113. The second-order valence-corrected chi connectivity index (χ2v) is 3.64. The number of nitrogens with one attached hydrogen (secondary N) is 2. The molecule has 0 aliphatic carbocycles. The van der Waals surface area contributed by atoms with Crippen LogP contribution in [0, 0.1) is 0 Å². The number of amides is 1. The first-order chi connectivity index (χ1) is 10.3. The molecule has 3 heteroatoms. The summed E-state index contributed by atoms with van der Waals surface area (Å²) in [4.78, 5) is 12.0. The van der Waals surface area contributed by atoms with Gasteiger partial charge in [0.2, 0.25) is 0 Å². The maximum Gasteiger partial charge on any atom is 0.257 e. The van der Waals surface area contributed by atoms with Crippen molar-refractivity contribution < 1.29 is 4.79 Å². The van der Waals surface area contributed by atoms with E-state index in [1.807, 2.05) is 58.9 Å². The van der Waals surface area contributed by atoms with E-state index in [2.05, 4.69) is 17.2 Å². The highest BCUT2D eigenvalue weighted by Gasteiger charge is 2.19. The van der Waals surface area contributed by atoms with E-state index in [4.69, 9.17) is 0 Å². The molecule has 1 aromatic carbocycles. The minimum atomic E-state index is -0.113. The molecule has 0 saturated carbocycles. The van der Waals surface area contributed by atoms with E-state index < -0.39 is 0 Å². The highest BCUT2D eigenvalue weighted by atomic mass is 16.1. The molecule has 0 aromatic heterocycles. The van der Waals surface area contributed by atoms with Crippen molar-refractivity contribution in [2.24, 2.45) is 0 Å². The first-order valence-electron chi connectivity index (χ1n) is 7.43. The van der Waals surface area contributed by atoms with Crippen LogP contribution in [0.1, 0.15) is 34.6 Å². The lowest BCUT2D eigenvalue weighted by Gasteiger charge is -2.08. The summed E-state index contributed by atoms with van der Waals surface area (Å²) in [6.45, 7) is 13.5. The van der Waals surface area contributed by atoms with Crippen molar-refractivity contribution in [3.8, 4) is 0 Å². The third-order valence-electron chi connectivity index (χ3n) is 2.55. The molecule has 1 aromatic rings. The zero-order valence-corrected chi connectivity index (χ0v) is 13.7. The van der Waals surface area contributed by atoms with Crippen molar-refractivity contribution in [1.29, 1.82) is 0 Å². The van der Waals surface area contributed by atoms with Gasteiger partial charge in [-0.25, -0.2) is 0 Å². The molecule has 21 heavy (non-hydrogen) atoms. The molecule has 1 aliphatic rings. The Labute approximate surface area is 128 Å². The van der Waals surface area contributed by atoms with Gasteiger partial charge >= 0.3 is 0 Å². The Balaban J connectivity index is 0.000000921. The lowest BCUT2D eigenvalue weighted by molar-refractivity contribution is -0.112. The molecular weight excluding hydrogens is 260 g/mol. The predicted octanol–water partition coefficient (Wildman–Crippen LogP) is 5.12. The lowest BCUT2D eigenvalue weighted by atomic mass is 10.1. The van der Waals surface area contributed by atoms with Gasteiger partial charge in [-0.2, -0.15) is 0 Å². The van der Waals surface area contributed by atoms with E-state index in [0.29, 0.717) is 5.57 Å². The van der Waals surface area contributed by atoms with Crippen molar-refractivity contribution in [2.45, 2.75) is 34.6 Å². The minimum Gasteiger partial charge on any atom is -0.353 e. The molecule has 0 spiro atoms. The van der Waals surface area contributed by atoms with Crippen molar-refractivity contribution in [3.05, 3.63) is 60.3 Å². The van der Waals surface area contributed by atoms with Gasteiger partial charge in [-0.05, 0) is 25.1 Å². The Morgan fingerprint density at radius 1 is 1.00 bits per heavy atom. The van der Waals surface area contributed by atoms with Crippen molar-refractivity contribution >= 4 is 17.3 Å². The molecule has 3 nitrogen and oxygen atoms in total. The fourth-order valence-corrected chi connectivity index (χ4v) is 1.76. The zero-order valence-electron chi connectivity index (χ0n) is 13.7. The number of allylic oxidation sites excluding steroid dienone is 3. The summed E-state index contributed by atoms with van der Waals surface area (Å²) in [7, 11) is 0. The number of fused-ring (bicyclic) bond motifs is 1. The van der Waals surface area contributed by atoms with Gasteiger partial charge in [0.05, 0.1) is 22.6 Å². The number of hydrogen-bond donors (Lipinski definition) is 2. The largest absolute Gasteiger partial charge is 0.353 e. The average molecular weight is 286 g/mol. The molecule has 1 aliphatic heterocycles. The predicted molar refractivity (Wildman–Crippen MR) is 93.4 cm³/mol. The third-order valence-corrected chi connectivity index (χ3v) is 2.55. The summed E-state index contributed by atoms with van der Waals surface area (Å²) in [5.74, 6) is -0.113. The number of hydrogen-bond acceptors (Lipinski definition) is 2. The number of para-hydroxylation sites is 2. The van der Waals surface area contributed by atoms with Crippen LogP contribution in [0.25, 0.3) is 0 Å². The van der Waals surface area contributed by atoms with Crippen LogP contribution >= 0.6 is 0 Å². The smallest absolute Gasteiger partial charge is 0.257 e. The number of anilines is 2. The summed E-state index contributed by atoms with van der Waals surface area (Å²) in [5.41, 5.74) is 3.03. The van der Waals surface area contributed by atoms with E-state index in [0.717, 1.165) is 17.1 Å². The molecule has 0 saturated heterocycles. The summed E-state index contributed by atoms with van der Waals surface area (Å²) in [5, 5.41) is 6.10. The van der Waals surface area contributed by atoms with Gasteiger partial charge < -0.3 is 10.6 Å².